The Hall–Kier alpha value is -1.36. The molecule has 1 aliphatic heterocycles. The van der Waals surface area contributed by atoms with Crippen LogP contribution in [0.2, 0.25) is 5.15 Å². The lowest BCUT2D eigenvalue weighted by atomic mass is 9.99. The lowest BCUT2D eigenvalue weighted by Crippen LogP contribution is -2.41. The summed E-state index contributed by atoms with van der Waals surface area (Å²) in [5.41, 5.74) is 5.20. The van der Waals surface area contributed by atoms with Crippen LogP contribution in [0.5, 0.6) is 0 Å². The lowest BCUT2D eigenvalue weighted by molar-refractivity contribution is 0.229. The molecule has 0 bridgehead atoms. The molecule has 1 atom stereocenters. The molecule has 1 aromatic carbocycles. The molecule has 0 spiro atoms. The van der Waals surface area contributed by atoms with Crippen LogP contribution in [-0.2, 0) is 33.0 Å². The zero-order valence-corrected chi connectivity index (χ0v) is 15.6. The van der Waals surface area contributed by atoms with E-state index in [0.29, 0.717) is 6.04 Å². The fraction of sp³-hybridized carbons (Fsp3) is 0.526. The first-order valence-corrected chi connectivity index (χ1v) is 9.19. The molecule has 0 amide bonds. The molecule has 0 saturated heterocycles. The zero-order chi connectivity index (χ0) is 17.1. The average molecular weight is 347 g/mol. The monoisotopic (exact) mass is 346 g/mol. The Balaban J connectivity index is 1.54. The third-order valence-corrected chi connectivity index (χ3v) is 5.33. The fourth-order valence-corrected chi connectivity index (χ4v) is 3.71. The summed E-state index contributed by atoms with van der Waals surface area (Å²) in [6.07, 6.45) is 2.06. The molecule has 2 aromatic rings. The van der Waals surface area contributed by atoms with E-state index in [9.17, 15) is 0 Å². The van der Waals surface area contributed by atoms with Crippen molar-refractivity contribution in [3.05, 3.63) is 51.8 Å². The van der Waals surface area contributed by atoms with Crippen LogP contribution in [0.25, 0.3) is 0 Å². The quantitative estimate of drug-likeness (QED) is 0.872. The fourth-order valence-electron chi connectivity index (χ4n) is 3.50. The molecule has 1 N–H and O–H groups in total. The van der Waals surface area contributed by atoms with Crippen molar-refractivity contribution in [3.8, 4) is 0 Å². The Labute approximate surface area is 149 Å². The Kier molecular flexibility index (Phi) is 5.59. The second-order valence-corrected chi connectivity index (χ2v) is 7.09. The molecular formula is C19H27ClN4. The van der Waals surface area contributed by atoms with E-state index < -0.39 is 0 Å². The smallest absolute Gasteiger partial charge is 0.131 e. The van der Waals surface area contributed by atoms with Crippen LogP contribution in [0.1, 0.15) is 36.2 Å². The van der Waals surface area contributed by atoms with Crippen LogP contribution < -0.4 is 5.32 Å². The third kappa shape index (κ3) is 3.82. The van der Waals surface area contributed by atoms with Crippen molar-refractivity contribution in [2.75, 3.05) is 13.1 Å². The molecule has 0 radical (unpaired) electrons. The van der Waals surface area contributed by atoms with Crippen LogP contribution >= 0.6 is 11.6 Å². The van der Waals surface area contributed by atoms with E-state index in [0.717, 1.165) is 55.4 Å². The van der Waals surface area contributed by atoms with Gasteiger partial charge in [0.1, 0.15) is 5.15 Å². The average Bonchev–Trinajstić information content (AvgIpc) is 2.87. The number of hydrogen-bond donors (Lipinski definition) is 1. The number of fused-ring (bicyclic) bond motifs is 1. The number of rotatable bonds is 6. The molecule has 24 heavy (non-hydrogen) atoms. The summed E-state index contributed by atoms with van der Waals surface area (Å²) in [6, 6.07) is 9.20. The van der Waals surface area contributed by atoms with Gasteiger partial charge in [0, 0.05) is 44.8 Å². The molecule has 3 rings (SSSR count). The summed E-state index contributed by atoms with van der Waals surface area (Å²) in [5, 5.41) is 8.85. The van der Waals surface area contributed by atoms with Crippen molar-refractivity contribution in [1.82, 2.24) is 20.0 Å². The van der Waals surface area contributed by atoms with Crippen molar-refractivity contribution in [2.24, 2.45) is 7.05 Å². The summed E-state index contributed by atoms with van der Waals surface area (Å²) in [7, 11) is 1.90. The van der Waals surface area contributed by atoms with Gasteiger partial charge in [0.15, 0.2) is 0 Å². The van der Waals surface area contributed by atoms with Gasteiger partial charge in [0.25, 0.3) is 0 Å². The van der Waals surface area contributed by atoms with Crippen molar-refractivity contribution in [3.63, 3.8) is 0 Å². The predicted molar refractivity (Wildman–Crippen MR) is 99.3 cm³/mol. The van der Waals surface area contributed by atoms with Gasteiger partial charge in [0.2, 0.25) is 0 Å². The van der Waals surface area contributed by atoms with Crippen molar-refractivity contribution in [2.45, 2.75) is 45.8 Å². The highest BCUT2D eigenvalue weighted by molar-refractivity contribution is 6.30. The first kappa shape index (κ1) is 17.5. The van der Waals surface area contributed by atoms with Gasteiger partial charge in [-0.15, -0.1) is 0 Å². The predicted octanol–water partition coefficient (Wildman–Crippen LogP) is 3.17. The summed E-state index contributed by atoms with van der Waals surface area (Å²) >= 11 is 6.37. The number of hydrogen-bond acceptors (Lipinski definition) is 3. The lowest BCUT2D eigenvalue weighted by Gasteiger charge is -2.31. The Morgan fingerprint density at radius 3 is 2.79 bits per heavy atom. The first-order chi connectivity index (χ1) is 11.6. The van der Waals surface area contributed by atoms with Gasteiger partial charge in [-0.2, -0.15) is 5.10 Å². The van der Waals surface area contributed by atoms with E-state index >= 15 is 0 Å². The van der Waals surface area contributed by atoms with Gasteiger partial charge in [-0.3, -0.25) is 9.58 Å². The van der Waals surface area contributed by atoms with E-state index in [1.54, 1.807) is 4.68 Å². The molecule has 0 aliphatic carbocycles. The highest BCUT2D eigenvalue weighted by Gasteiger charge is 2.18. The van der Waals surface area contributed by atoms with Gasteiger partial charge in [0.05, 0.1) is 5.69 Å². The van der Waals surface area contributed by atoms with Gasteiger partial charge in [-0.1, -0.05) is 42.8 Å². The number of benzene rings is 1. The molecule has 4 nitrogen and oxygen atoms in total. The van der Waals surface area contributed by atoms with Crippen LogP contribution in [0.4, 0.5) is 0 Å². The molecule has 130 valence electrons. The van der Waals surface area contributed by atoms with Crippen molar-refractivity contribution < 1.29 is 0 Å². The third-order valence-electron chi connectivity index (χ3n) is 4.86. The van der Waals surface area contributed by atoms with E-state index in [4.69, 9.17) is 11.6 Å². The van der Waals surface area contributed by atoms with E-state index in [1.165, 1.54) is 11.1 Å². The maximum atomic E-state index is 6.37. The number of aryl methyl sites for hydroxylation is 2. The maximum Gasteiger partial charge on any atom is 0.131 e. The van der Waals surface area contributed by atoms with E-state index in [-0.39, 0.29) is 0 Å². The molecule has 1 aromatic heterocycles. The van der Waals surface area contributed by atoms with Crippen LogP contribution in [-0.4, -0.2) is 33.8 Å². The van der Waals surface area contributed by atoms with Crippen LogP contribution in [0.15, 0.2) is 24.3 Å². The standard InChI is InChI=1S/C19H27ClN4/c1-4-18-17(19(20)23(3)22-18)11-21-14(2)12-24-10-9-15-7-5-6-8-16(15)13-24/h5-8,14,21H,4,9-13H2,1-3H3. The second kappa shape index (κ2) is 7.68. The number of nitrogens with one attached hydrogen (secondary N) is 1. The van der Waals surface area contributed by atoms with Gasteiger partial charge < -0.3 is 5.32 Å². The first-order valence-electron chi connectivity index (χ1n) is 8.81. The second-order valence-electron chi connectivity index (χ2n) is 6.73. The van der Waals surface area contributed by atoms with Crippen molar-refractivity contribution in [1.29, 1.82) is 0 Å². The van der Waals surface area contributed by atoms with Gasteiger partial charge >= 0.3 is 0 Å². The van der Waals surface area contributed by atoms with E-state index in [2.05, 4.69) is 53.4 Å². The molecule has 1 aliphatic rings. The minimum absolute atomic E-state index is 0.413. The number of aromatic nitrogens is 2. The topological polar surface area (TPSA) is 33.1 Å². The van der Waals surface area contributed by atoms with Crippen LogP contribution in [0, 0.1) is 0 Å². The maximum absolute atomic E-state index is 6.37. The largest absolute Gasteiger partial charge is 0.309 e. The summed E-state index contributed by atoms with van der Waals surface area (Å²) in [5.74, 6) is 0. The highest BCUT2D eigenvalue weighted by atomic mass is 35.5. The minimum atomic E-state index is 0.413. The van der Waals surface area contributed by atoms with Gasteiger partial charge in [-0.25, -0.2) is 0 Å². The molecule has 1 unspecified atom stereocenters. The molecular weight excluding hydrogens is 320 g/mol. The normalized spacial score (nSPS) is 16.2. The van der Waals surface area contributed by atoms with Crippen molar-refractivity contribution >= 4 is 11.6 Å². The Morgan fingerprint density at radius 1 is 1.29 bits per heavy atom. The molecule has 0 saturated carbocycles. The summed E-state index contributed by atoms with van der Waals surface area (Å²) < 4.78 is 1.77. The summed E-state index contributed by atoms with van der Waals surface area (Å²) in [4.78, 5) is 2.53. The molecule has 5 heteroatoms. The highest BCUT2D eigenvalue weighted by Crippen LogP contribution is 2.20. The summed E-state index contributed by atoms with van der Waals surface area (Å²) in [6.45, 7) is 8.38. The number of nitrogens with zero attached hydrogens (tertiary/aromatic N) is 3. The Morgan fingerprint density at radius 2 is 2.04 bits per heavy atom. The Bertz CT molecular complexity index is 695. The molecule has 2 heterocycles. The van der Waals surface area contributed by atoms with E-state index in [1.807, 2.05) is 7.05 Å². The zero-order valence-electron chi connectivity index (χ0n) is 14.8. The molecule has 0 fully saturated rings. The van der Waals surface area contributed by atoms with Gasteiger partial charge in [-0.05, 0) is 30.9 Å². The number of halogens is 1. The van der Waals surface area contributed by atoms with Crippen LogP contribution in [0.3, 0.4) is 0 Å². The minimum Gasteiger partial charge on any atom is -0.309 e. The SMILES string of the molecule is CCc1nn(C)c(Cl)c1CNC(C)CN1CCc2ccccc2C1.